The van der Waals surface area contributed by atoms with Crippen molar-refractivity contribution in [2.45, 2.75) is 19.8 Å². The summed E-state index contributed by atoms with van der Waals surface area (Å²) in [5.74, 6) is 0.826. The predicted molar refractivity (Wildman–Crippen MR) is 75.2 cm³/mol. The van der Waals surface area contributed by atoms with E-state index in [1.807, 2.05) is 37.3 Å². The van der Waals surface area contributed by atoms with Crippen LogP contribution in [0.15, 0.2) is 36.5 Å². The Bertz CT molecular complexity index is 514. The first-order valence-corrected chi connectivity index (χ1v) is 6.49. The summed E-state index contributed by atoms with van der Waals surface area (Å²) in [6.07, 6.45) is 3.32. The molecule has 4 heteroatoms. The maximum Gasteiger partial charge on any atom is 0.140 e. The van der Waals surface area contributed by atoms with Crippen molar-refractivity contribution in [3.63, 3.8) is 0 Å². The minimum Gasteiger partial charge on any atom is -0.491 e. The van der Waals surface area contributed by atoms with Crippen molar-refractivity contribution >= 4 is 0 Å². The Kier molecular flexibility index (Phi) is 4.86. The second-order valence-electron chi connectivity index (χ2n) is 4.36. The molecule has 2 aromatic heterocycles. The third kappa shape index (κ3) is 4.03. The van der Waals surface area contributed by atoms with Gasteiger partial charge in [0.1, 0.15) is 5.75 Å². The lowest BCUT2D eigenvalue weighted by Gasteiger charge is -2.10. The first-order chi connectivity index (χ1) is 9.29. The van der Waals surface area contributed by atoms with E-state index < -0.39 is 0 Å². The number of pyridine rings is 2. The zero-order valence-corrected chi connectivity index (χ0v) is 11.2. The molecule has 0 aliphatic heterocycles. The molecule has 2 aromatic rings. The maximum absolute atomic E-state index is 5.79. The monoisotopic (exact) mass is 257 g/mol. The Labute approximate surface area is 113 Å². The van der Waals surface area contributed by atoms with Gasteiger partial charge in [0.15, 0.2) is 0 Å². The van der Waals surface area contributed by atoms with Crippen LogP contribution in [0.1, 0.15) is 17.1 Å². The Hall–Kier alpha value is -1.94. The molecule has 0 atom stereocenters. The van der Waals surface area contributed by atoms with Crippen molar-refractivity contribution in [2.24, 2.45) is 5.73 Å². The van der Waals surface area contributed by atoms with Crippen LogP contribution in [0, 0.1) is 6.92 Å². The maximum atomic E-state index is 5.79. The molecule has 0 aromatic carbocycles. The van der Waals surface area contributed by atoms with E-state index in [-0.39, 0.29) is 0 Å². The van der Waals surface area contributed by atoms with Gasteiger partial charge in [-0.25, -0.2) is 0 Å². The number of ether oxygens (including phenoxy) is 1. The third-order valence-corrected chi connectivity index (χ3v) is 2.79. The fourth-order valence-corrected chi connectivity index (χ4v) is 1.86. The van der Waals surface area contributed by atoms with E-state index in [1.165, 1.54) is 0 Å². The molecule has 0 radical (unpaired) electrons. The molecule has 0 spiro atoms. The largest absolute Gasteiger partial charge is 0.491 e. The summed E-state index contributed by atoms with van der Waals surface area (Å²) in [5, 5.41) is 0. The van der Waals surface area contributed by atoms with Crippen LogP contribution in [-0.2, 0) is 12.8 Å². The van der Waals surface area contributed by atoms with E-state index in [0.717, 1.165) is 35.7 Å². The molecule has 2 N–H and O–H groups in total. The Morgan fingerprint density at radius 1 is 1.16 bits per heavy atom. The molecule has 0 amide bonds. The van der Waals surface area contributed by atoms with E-state index in [1.54, 1.807) is 6.20 Å². The van der Waals surface area contributed by atoms with Crippen molar-refractivity contribution in [1.29, 1.82) is 0 Å². The summed E-state index contributed by atoms with van der Waals surface area (Å²) >= 11 is 0. The average molecular weight is 257 g/mol. The highest BCUT2D eigenvalue weighted by molar-refractivity contribution is 5.29. The van der Waals surface area contributed by atoms with Crippen LogP contribution in [0.5, 0.6) is 5.75 Å². The van der Waals surface area contributed by atoms with E-state index >= 15 is 0 Å². The number of nitrogens with two attached hydrogens (primary N) is 1. The van der Waals surface area contributed by atoms with Crippen LogP contribution in [0.25, 0.3) is 0 Å². The molecule has 100 valence electrons. The number of aryl methyl sites for hydroxylation is 1. The van der Waals surface area contributed by atoms with Gasteiger partial charge in [0.05, 0.1) is 12.3 Å². The fourth-order valence-electron chi connectivity index (χ4n) is 1.86. The predicted octanol–water partition coefficient (Wildman–Crippen LogP) is 1.91. The zero-order valence-electron chi connectivity index (χ0n) is 11.2. The molecule has 0 bridgehead atoms. The zero-order chi connectivity index (χ0) is 13.5. The molecule has 0 saturated heterocycles. The summed E-state index contributed by atoms with van der Waals surface area (Å²) in [4.78, 5) is 8.74. The lowest BCUT2D eigenvalue weighted by atomic mass is 10.2. The van der Waals surface area contributed by atoms with Crippen molar-refractivity contribution < 1.29 is 4.74 Å². The second kappa shape index (κ2) is 6.85. The van der Waals surface area contributed by atoms with E-state index in [2.05, 4.69) is 9.97 Å². The van der Waals surface area contributed by atoms with Gasteiger partial charge in [0.2, 0.25) is 0 Å². The van der Waals surface area contributed by atoms with E-state index in [0.29, 0.717) is 13.2 Å². The molecule has 0 fully saturated rings. The third-order valence-electron chi connectivity index (χ3n) is 2.79. The van der Waals surface area contributed by atoms with Crippen molar-refractivity contribution in [3.05, 3.63) is 53.6 Å². The van der Waals surface area contributed by atoms with Gasteiger partial charge in [0.25, 0.3) is 0 Å². The lowest BCUT2D eigenvalue weighted by Crippen LogP contribution is -2.09. The van der Waals surface area contributed by atoms with Gasteiger partial charge < -0.3 is 10.5 Å². The van der Waals surface area contributed by atoms with Crippen molar-refractivity contribution in [1.82, 2.24) is 9.97 Å². The number of hydrogen-bond donors (Lipinski definition) is 1. The Balaban J connectivity index is 1.95. The quantitative estimate of drug-likeness (QED) is 0.858. The van der Waals surface area contributed by atoms with Crippen LogP contribution >= 0.6 is 0 Å². The molecule has 4 nitrogen and oxygen atoms in total. The molecule has 2 rings (SSSR count). The molecular formula is C15H19N3O. The average Bonchev–Trinajstić information content (AvgIpc) is 2.43. The van der Waals surface area contributed by atoms with Gasteiger partial charge in [-0.15, -0.1) is 0 Å². The number of nitrogens with zero attached hydrogens (tertiary/aromatic N) is 2. The second-order valence-corrected chi connectivity index (χ2v) is 4.36. The van der Waals surface area contributed by atoms with Gasteiger partial charge in [-0.2, -0.15) is 0 Å². The van der Waals surface area contributed by atoms with Crippen LogP contribution in [-0.4, -0.2) is 23.1 Å². The van der Waals surface area contributed by atoms with Crippen molar-refractivity contribution in [3.8, 4) is 5.75 Å². The van der Waals surface area contributed by atoms with Crippen LogP contribution < -0.4 is 10.5 Å². The van der Waals surface area contributed by atoms with E-state index in [4.69, 9.17) is 10.5 Å². The fraction of sp³-hybridized carbons (Fsp3) is 0.333. The highest BCUT2D eigenvalue weighted by Gasteiger charge is 2.05. The molecule has 0 saturated carbocycles. The highest BCUT2D eigenvalue weighted by atomic mass is 16.5. The molecule has 0 aliphatic carbocycles. The van der Waals surface area contributed by atoms with Gasteiger partial charge in [-0.3, -0.25) is 9.97 Å². The van der Waals surface area contributed by atoms with Gasteiger partial charge in [-0.05, 0) is 37.7 Å². The summed E-state index contributed by atoms with van der Waals surface area (Å²) < 4.78 is 5.79. The highest BCUT2D eigenvalue weighted by Crippen LogP contribution is 2.17. The summed E-state index contributed by atoms with van der Waals surface area (Å²) in [5.41, 5.74) is 8.54. The molecule has 0 unspecified atom stereocenters. The Morgan fingerprint density at radius 3 is 2.79 bits per heavy atom. The molecule has 19 heavy (non-hydrogen) atoms. The number of aromatic nitrogens is 2. The minimum atomic E-state index is 0.576. The molecule has 2 heterocycles. The SMILES string of the molecule is Cc1ccc(OCCc2ccccn2)c(CCN)n1. The normalized spacial score (nSPS) is 10.4. The molecular weight excluding hydrogens is 238 g/mol. The van der Waals surface area contributed by atoms with Crippen molar-refractivity contribution in [2.75, 3.05) is 13.2 Å². The number of rotatable bonds is 6. The van der Waals surface area contributed by atoms with E-state index in [9.17, 15) is 0 Å². The molecule has 0 aliphatic rings. The summed E-state index contributed by atoms with van der Waals surface area (Å²) in [7, 11) is 0. The van der Waals surface area contributed by atoms with Gasteiger partial charge >= 0.3 is 0 Å². The first kappa shape index (κ1) is 13.5. The van der Waals surface area contributed by atoms with Crippen LogP contribution in [0.4, 0.5) is 0 Å². The van der Waals surface area contributed by atoms with Gasteiger partial charge in [0, 0.05) is 30.4 Å². The topological polar surface area (TPSA) is 61.0 Å². The minimum absolute atomic E-state index is 0.576. The number of hydrogen-bond acceptors (Lipinski definition) is 4. The first-order valence-electron chi connectivity index (χ1n) is 6.49. The van der Waals surface area contributed by atoms with Gasteiger partial charge in [-0.1, -0.05) is 6.07 Å². The van der Waals surface area contributed by atoms with Crippen LogP contribution in [0.3, 0.4) is 0 Å². The summed E-state index contributed by atoms with van der Waals surface area (Å²) in [6.45, 7) is 3.14. The standard InChI is InChI=1S/C15H19N3O/c1-12-5-6-15(14(18-12)7-9-16)19-11-8-13-4-2-3-10-17-13/h2-6,10H,7-9,11,16H2,1H3. The smallest absolute Gasteiger partial charge is 0.140 e. The summed E-state index contributed by atoms with van der Waals surface area (Å²) in [6, 6.07) is 9.81. The van der Waals surface area contributed by atoms with Crippen LogP contribution in [0.2, 0.25) is 0 Å². The lowest BCUT2D eigenvalue weighted by molar-refractivity contribution is 0.315. The Morgan fingerprint density at radius 2 is 2.05 bits per heavy atom.